The van der Waals surface area contributed by atoms with Gasteiger partial charge in [0.15, 0.2) is 0 Å². The highest BCUT2D eigenvalue weighted by molar-refractivity contribution is 6.31. The number of Topliss-reactive ketones (excluding diaryl/α,β-unsaturated/α-hetero) is 1. The van der Waals surface area contributed by atoms with Crippen LogP contribution >= 0.6 is 0 Å². The number of hydrogen-bond acceptors (Lipinski definition) is 4. The number of carboxylic acid groups (broad SMARTS) is 2. The lowest BCUT2D eigenvalue weighted by molar-refractivity contribution is -0.148. The minimum Gasteiger partial charge on any atom is -0.481 e. The molecule has 0 rings (SSSR count). The molecule has 6 nitrogen and oxygen atoms in total. The maximum Gasteiger partial charge on any atom is 0.371 e. The van der Waals surface area contributed by atoms with E-state index in [9.17, 15) is 9.59 Å². The molecule has 0 atom stereocenters. The Morgan fingerprint density at radius 2 is 1.15 bits per heavy atom. The lowest BCUT2D eigenvalue weighted by Crippen LogP contribution is -2.05. The van der Waals surface area contributed by atoms with Crippen LogP contribution in [0.1, 0.15) is 20.8 Å². The molecule has 0 aliphatic rings. The van der Waals surface area contributed by atoms with Crippen molar-refractivity contribution in [2.75, 3.05) is 0 Å². The van der Waals surface area contributed by atoms with Crippen LogP contribution in [-0.4, -0.2) is 34.2 Å². The van der Waals surface area contributed by atoms with Gasteiger partial charge in [-0.05, 0) is 6.92 Å². The Kier molecular flexibility index (Phi) is 17.3. The van der Waals surface area contributed by atoms with Gasteiger partial charge in [-0.2, -0.15) is 0 Å². The highest BCUT2D eigenvalue weighted by Crippen LogP contribution is 1.61. The van der Waals surface area contributed by atoms with Crippen LogP contribution in [-0.2, 0) is 19.2 Å². The van der Waals surface area contributed by atoms with Crippen LogP contribution in [0.2, 0.25) is 0 Å². The van der Waals surface area contributed by atoms with Gasteiger partial charge in [0.1, 0.15) is 6.29 Å². The number of ketones is 1. The molecular formula is C7H12O6. The molecule has 0 bridgehead atoms. The van der Waals surface area contributed by atoms with Gasteiger partial charge in [-0.25, -0.2) is 4.79 Å². The third-order valence-electron chi connectivity index (χ3n) is 0.301. The van der Waals surface area contributed by atoms with E-state index in [1.807, 2.05) is 0 Å². The maximum absolute atomic E-state index is 9.54. The summed E-state index contributed by atoms with van der Waals surface area (Å²) in [7, 11) is 0. The second-order valence-electron chi connectivity index (χ2n) is 1.62. The van der Waals surface area contributed by atoms with Gasteiger partial charge < -0.3 is 15.0 Å². The molecule has 0 aromatic rings. The SMILES string of the molecule is CC(=O)C(=O)O.CC(=O)O.CC=O. The summed E-state index contributed by atoms with van der Waals surface area (Å²) in [5.41, 5.74) is 0. The van der Waals surface area contributed by atoms with Crippen LogP contribution in [0.25, 0.3) is 0 Å². The van der Waals surface area contributed by atoms with Crippen molar-refractivity contribution in [1.29, 1.82) is 0 Å². The van der Waals surface area contributed by atoms with Gasteiger partial charge in [-0.1, -0.05) is 0 Å². The third kappa shape index (κ3) is 136. The van der Waals surface area contributed by atoms with Crippen LogP contribution in [0.3, 0.4) is 0 Å². The second kappa shape index (κ2) is 12.9. The number of carbonyl (C=O) groups is 4. The number of hydrogen-bond donors (Lipinski definition) is 2. The van der Waals surface area contributed by atoms with Gasteiger partial charge in [0, 0.05) is 13.8 Å². The van der Waals surface area contributed by atoms with Gasteiger partial charge in [-0.15, -0.1) is 0 Å². The van der Waals surface area contributed by atoms with Gasteiger partial charge >= 0.3 is 5.97 Å². The van der Waals surface area contributed by atoms with Crippen LogP contribution in [0.4, 0.5) is 0 Å². The van der Waals surface area contributed by atoms with Gasteiger partial charge in [0.2, 0.25) is 5.78 Å². The highest BCUT2D eigenvalue weighted by Gasteiger charge is 1.98. The van der Waals surface area contributed by atoms with Gasteiger partial charge in [0.05, 0.1) is 0 Å². The molecule has 0 unspecified atom stereocenters. The number of carbonyl (C=O) groups excluding carboxylic acids is 2. The Morgan fingerprint density at radius 1 is 1.08 bits per heavy atom. The maximum atomic E-state index is 9.54. The van der Waals surface area contributed by atoms with Crippen LogP contribution < -0.4 is 0 Å². The molecule has 0 aliphatic carbocycles. The summed E-state index contributed by atoms with van der Waals surface area (Å²) < 4.78 is 0. The Labute approximate surface area is 75.2 Å². The molecule has 0 radical (unpaired) electrons. The van der Waals surface area contributed by atoms with E-state index in [1.165, 1.54) is 6.92 Å². The summed E-state index contributed by atoms with van der Waals surface area (Å²) in [5, 5.41) is 15.1. The smallest absolute Gasteiger partial charge is 0.371 e. The lowest BCUT2D eigenvalue weighted by atomic mass is 10.5. The number of aldehydes is 1. The molecule has 2 N–H and O–H groups in total. The molecule has 0 saturated heterocycles. The monoisotopic (exact) mass is 192 g/mol. The summed E-state index contributed by atoms with van der Waals surface area (Å²) >= 11 is 0. The Balaban J connectivity index is -0.000000125. The molecule has 76 valence electrons. The fourth-order valence-corrected chi connectivity index (χ4v) is 0. The molecule has 0 spiro atoms. The standard InChI is InChI=1S/C3H4O3.C2H4O2.C2H4O/c1-2(4)3(5)6;1-2(3)4;1-2-3/h1H3,(H,5,6);1H3,(H,3,4);2H,1H3. The predicted molar refractivity (Wildman–Crippen MR) is 43.4 cm³/mol. The fraction of sp³-hybridized carbons (Fsp3) is 0.429. The summed E-state index contributed by atoms with van der Waals surface area (Å²) in [6.45, 7) is 3.53. The van der Waals surface area contributed by atoms with Crippen molar-refractivity contribution in [1.82, 2.24) is 0 Å². The van der Waals surface area contributed by atoms with Crippen molar-refractivity contribution in [3.63, 3.8) is 0 Å². The van der Waals surface area contributed by atoms with Crippen molar-refractivity contribution in [3.05, 3.63) is 0 Å². The normalized spacial score (nSPS) is 6.38. The zero-order valence-electron chi connectivity index (χ0n) is 7.60. The largest absolute Gasteiger partial charge is 0.481 e. The summed E-state index contributed by atoms with van der Waals surface area (Å²) in [6.07, 6.45) is 0.750. The molecule has 0 aromatic heterocycles. The number of aliphatic carboxylic acids is 2. The predicted octanol–water partition coefficient (Wildman–Crippen LogP) is -0.0439. The van der Waals surface area contributed by atoms with Crippen LogP contribution in [0.15, 0.2) is 0 Å². The minimum absolute atomic E-state index is 0.750. The molecular weight excluding hydrogens is 180 g/mol. The molecule has 0 amide bonds. The van der Waals surface area contributed by atoms with E-state index >= 15 is 0 Å². The highest BCUT2D eigenvalue weighted by atomic mass is 16.4. The minimum atomic E-state index is -1.38. The number of rotatable bonds is 1. The van der Waals surface area contributed by atoms with E-state index < -0.39 is 17.7 Å². The molecule has 13 heavy (non-hydrogen) atoms. The molecule has 0 aromatic carbocycles. The van der Waals surface area contributed by atoms with Crippen LogP contribution in [0, 0.1) is 0 Å². The van der Waals surface area contributed by atoms with Crippen molar-refractivity contribution in [3.8, 4) is 0 Å². The molecule has 0 heterocycles. The average Bonchev–Trinajstić information content (AvgIpc) is 1.87. The zero-order valence-corrected chi connectivity index (χ0v) is 7.60. The summed E-state index contributed by atoms with van der Waals surface area (Å²) in [6, 6.07) is 0. The average molecular weight is 192 g/mol. The summed E-state index contributed by atoms with van der Waals surface area (Å²) in [4.78, 5) is 36.7. The van der Waals surface area contributed by atoms with E-state index in [2.05, 4.69) is 0 Å². The van der Waals surface area contributed by atoms with E-state index in [1.54, 1.807) is 0 Å². The number of carboxylic acids is 2. The van der Waals surface area contributed by atoms with E-state index in [4.69, 9.17) is 19.8 Å². The fourth-order valence-electron chi connectivity index (χ4n) is 0. The van der Waals surface area contributed by atoms with Crippen molar-refractivity contribution in [2.24, 2.45) is 0 Å². The van der Waals surface area contributed by atoms with Crippen LogP contribution in [0.5, 0.6) is 0 Å². The second-order valence-corrected chi connectivity index (χ2v) is 1.62. The molecule has 0 aliphatic heterocycles. The first-order chi connectivity index (χ1) is 5.79. The first kappa shape index (κ1) is 17.4. The van der Waals surface area contributed by atoms with Crippen molar-refractivity contribution in [2.45, 2.75) is 20.8 Å². The zero-order chi connectivity index (χ0) is 11.4. The summed E-state index contributed by atoms with van der Waals surface area (Å²) in [5.74, 6) is -3.04. The first-order valence-electron chi connectivity index (χ1n) is 3.12. The Morgan fingerprint density at radius 3 is 1.15 bits per heavy atom. The first-order valence-corrected chi connectivity index (χ1v) is 3.12. The molecule has 6 heteroatoms. The Bertz CT molecular complexity index is 167. The van der Waals surface area contributed by atoms with E-state index in [0.717, 1.165) is 20.1 Å². The van der Waals surface area contributed by atoms with Gasteiger partial charge in [-0.3, -0.25) is 9.59 Å². The van der Waals surface area contributed by atoms with E-state index in [-0.39, 0.29) is 0 Å². The molecule has 0 fully saturated rings. The van der Waals surface area contributed by atoms with Crippen molar-refractivity contribution >= 4 is 24.0 Å². The van der Waals surface area contributed by atoms with Crippen molar-refractivity contribution < 1.29 is 29.4 Å². The Hall–Kier alpha value is -1.72. The van der Waals surface area contributed by atoms with Gasteiger partial charge in [0.25, 0.3) is 5.97 Å². The quantitative estimate of drug-likeness (QED) is 0.445. The third-order valence-corrected chi connectivity index (χ3v) is 0.301. The lowest BCUT2D eigenvalue weighted by Gasteiger charge is -1.73. The topological polar surface area (TPSA) is 109 Å². The van der Waals surface area contributed by atoms with E-state index in [0.29, 0.717) is 0 Å². The molecule has 0 saturated carbocycles.